The van der Waals surface area contributed by atoms with Crippen LogP contribution in [-0.2, 0) is 4.74 Å². The minimum atomic E-state index is -0.207. The molecular weight excluding hydrogens is 158 g/mol. The lowest BCUT2D eigenvalue weighted by Crippen LogP contribution is -2.27. The van der Waals surface area contributed by atoms with Crippen LogP contribution in [0.15, 0.2) is 0 Å². The highest BCUT2D eigenvalue weighted by molar-refractivity contribution is 5.71. The first kappa shape index (κ1) is 7.86. The largest absolute Gasteiger partial charge is 0.441 e. The summed E-state index contributed by atoms with van der Waals surface area (Å²) in [6.07, 6.45) is 2.45. The molecular formula is C8H13NO3. The van der Waals surface area contributed by atoms with E-state index in [9.17, 15) is 4.79 Å². The summed E-state index contributed by atoms with van der Waals surface area (Å²) in [6.45, 7) is 1.49. The van der Waals surface area contributed by atoms with E-state index < -0.39 is 0 Å². The molecule has 1 saturated heterocycles. The summed E-state index contributed by atoms with van der Waals surface area (Å²) in [5.41, 5.74) is -0.119. The first-order valence-corrected chi connectivity index (χ1v) is 4.35. The number of aliphatic hydroxyl groups is 1. The van der Waals surface area contributed by atoms with Gasteiger partial charge in [-0.3, -0.25) is 0 Å². The van der Waals surface area contributed by atoms with Crippen molar-refractivity contribution < 1.29 is 14.6 Å². The molecule has 1 spiro atoms. The van der Waals surface area contributed by atoms with Crippen LogP contribution in [0.3, 0.4) is 0 Å². The Morgan fingerprint density at radius 1 is 1.58 bits per heavy atom. The molecule has 12 heavy (non-hydrogen) atoms. The molecule has 4 nitrogen and oxygen atoms in total. The lowest BCUT2D eigenvalue weighted by Gasteiger charge is -2.10. The molecule has 1 saturated carbocycles. The van der Waals surface area contributed by atoms with E-state index in [0.29, 0.717) is 13.0 Å². The number of carbonyl (C=O) groups excluding carboxylic acids is 1. The first-order valence-electron chi connectivity index (χ1n) is 4.35. The number of amides is 1. The second kappa shape index (κ2) is 2.62. The van der Waals surface area contributed by atoms with Gasteiger partial charge in [-0.25, -0.2) is 4.79 Å². The van der Waals surface area contributed by atoms with Crippen LogP contribution in [0.5, 0.6) is 0 Å². The minimum Gasteiger partial charge on any atom is -0.441 e. The van der Waals surface area contributed by atoms with Gasteiger partial charge < -0.3 is 14.7 Å². The van der Waals surface area contributed by atoms with Gasteiger partial charge in [-0.1, -0.05) is 0 Å². The second-order valence-corrected chi connectivity index (χ2v) is 3.55. The van der Waals surface area contributed by atoms with Gasteiger partial charge in [0, 0.05) is 13.2 Å². The smallest absolute Gasteiger partial charge is 0.410 e. The molecule has 2 fully saturated rings. The van der Waals surface area contributed by atoms with Crippen LogP contribution < -0.4 is 0 Å². The summed E-state index contributed by atoms with van der Waals surface area (Å²) in [7, 11) is 0. The summed E-state index contributed by atoms with van der Waals surface area (Å²) in [6, 6.07) is 0. The second-order valence-electron chi connectivity index (χ2n) is 3.55. The van der Waals surface area contributed by atoms with E-state index >= 15 is 0 Å². The molecule has 0 aromatic rings. The van der Waals surface area contributed by atoms with E-state index in [1.54, 1.807) is 4.90 Å². The van der Waals surface area contributed by atoms with Gasteiger partial charge in [-0.15, -0.1) is 0 Å². The highest BCUT2D eigenvalue weighted by atomic mass is 16.6. The lowest BCUT2D eigenvalue weighted by atomic mass is 10.3. The maximum absolute atomic E-state index is 11.2. The molecule has 1 aliphatic carbocycles. The van der Waals surface area contributed by atoms with Crippen molar-refractivity contribution in [2.24, 2.45) is 0 Å². The fraction of sp³-hybridized carbons (Fsp3) is 0.875. The van der Waals surface area contributed by atoms with Crippen LogP contribution >= 0.6 is 0 Å². The minimum absolute atomic E-state index is 0.119. The van der Waals surface area contributed by atoms with Crippen molar-refractivity contribution >= 4 is 6.09 Å². The SMILES string of the molecule is O=C1OC2(CC2)CN1CCCO. The number of hydrogen-bond donors (Lipinski definition) is 1. The third-order valence-electron chi connectivity index (χ3n) is 2.43. The van der Waals surface area contributed by atoms with Crippen molar-refractivity contribution in [3.05, 3.63) is 0 Å². The normalized spacial score (nSPS) is 24.8. The summed E-state index contributed by atoms with van der Waals surface area (Å²) in [5.74, 6) is 0. The molecule has 2 aliphatic rings. The summed E-state index contributed by atoms with van der Waals surface area (Å²) in [5, 5.41) is 8.58. The van der Waals surface area contributed by atoms with Crippen LogP contribution in [0, 0.1) is 0 Å². The standard InChI is InChI=1S/C8H13NO3/c10-5-1-4-9-6-8(2-3-8)12-7(9)11/h10H,1-6H2. The monoisotopic (exact) mass is 171 g/mol. The average molecular weight is 171 g/mol. The van der Waals surface area contributed by atoms with Crippen molar-refractivity contribution in [2.45, 2.75) is 24.9 Å². The Morgan fingerprint density at radius 2 is 2.33 bits per heavy atom. The first-order chi connectivity index (χ1) is 5.76. The van der Waals surface area contributed by atoms with Gasteiger partial charge in [0.05, 0.1) is 6.54 Å². The van der Waals surface area contributed by atoms with Crippen LogP contribution in [0.2, 0.25) is 0 Å². The Morgan fingerprint density at radius 3 is 2.83 bits per heavy atom. The molecule has 1 heterocycles. The van der Waals surface area contributed by atoms with Crippen molar-refractivity contribution in [3.63, 3.8) is 0 Å². The topological polar surface area (TPSA) is 49.8 Å². The Balaban J connectivity index is 1.86. The molecule has 2 rings (SSSR count). The Labute approximate surface area is 71.1 Å². The van der Waals surface area contributed by atoms with E-state index in [1.165, 1.54) is 0 Å². The molecule has 0 atom stereocenters. The summed E-state index contributed by atoms with van der Waals surface area (Å²) < 4.78 is 5.17. The van der Waals surface area contributed by atoms with E-state index in [-0.39, 0.29) is 18.3 Å². The number of ether oxygens (including phenoxy) is 1. The van der Waals surface area contributed by atoms with Gasteiger partial charge in [0.1, 0.15) is 5.60 Å². The number of aliphatic hydroxyl groups excluding tert-OH is 1. The van der Waals surface area contributed by atoms with Crippen LogP contribution in [0.4, 0.5) is 4.79 Å². The predicted octanol–water partition coefficient (Wildman–Crippen LogP) is 0.354. The van der Waals surface area contributed by atoms with Gasteiger partial charge in [-0.2, -0.15) is 0 Å². The molecule has 1 aliphatic heterocycles. The van der Waals surface area contributed by atoms with Gasteiger partial charge in [0.15, 0.2) is 0 Å². The Bertz CT molecular complexity index is 200. The molecule has 0 aromatic heterocycles. The Kier molecular flexibility index (Phi) is 1.72. The quantitative estimate of drug-likeness (QED) is 0.666. The zero-order valence-electron chi connectivity index (χ0n) is 6.95. The van der Waals surface area contributed by atoms with Crippen LogP contribution in [0.1, 0.15) is 19.3 Å². The van der Waals surface area contributed by atoms with E-state index in [0.717, 1.165) is 19.4 Å². The van der Waals surface area contributed by atoms with Gasteiger partial charge in [-0.05, 0) is 19.3 Å². The molecule has 4 heteroatoms. The molecule has 0 radical (unpaired) electrons. The predicted molar refractivity (Wildman–Crippen MR) is 41.7 cm³/mol. The van der Waals surface area contributed by atoms with Crippen molar-refractivity contribution in [3.8, 4) is 0 Å². The number of hydrogen-bond acceptors (Lipinski definition) is 3. The molecule has 0 bridgehead atoms. The van der Waals surface area contributed by atoms with Crippen molar-refractivity contribution in [1.29, 1.82) is 0 Å². The van der Waals surface area contributed by atoms with Crippen molar-refractivity contribution in [1.82, 2.24) is 4.90 Å². The third-order valence-corrected chi connectivity index (χ3v) is 2.43. The zero-order chi connectivity index (χ0) is 8.60. The molecule has 0 unspecified atom stereocenters. The molecule has 1 amide bonds. The summed E-state index contributed by atoms with van der Waals surface area (Å²) in [4.78, 5) is 12.8. The van der Waals surface area contributed by atoms with Gasteiger partial charge in [0.25, 0.3) is 0 Å². The lowest BCUT2D eigenvalue weighted by molar-refractivity contribution is 0.122. The van der Waals surface area contributed by atoms with E-state index in [4.69, 9.17) is 9.84 Å². The highest BCUT2D eigenvalue weighted by Gasteiger charge is 2.54. The molecule has 1 N–H and O–H groups in total. The third kappa shape index (κ3) is 1.27. The fourth-order valence-corrected chi connectivity index (χ4v) is 1.53. The zero-order valence-corrected chi connectivity index (χ0v) is 6.95. The fourth-order valence-electron chi connectivity index (χ4n) is 1.53. The molecule has 0 aromatic carbocycles. The van der Waals surface area contributed by atoms with Gasteiger partial charge in [0.2, 0.25) is 0 Å². The van der Waals surface area contributed by atoms with Crippen LogP contribution in [0.25, 0.3) is 0 Å². The van der Waals surface area contributed by atoms with E-state index in [1.807, 2.05) is 0 Å². The maximum atomic E-state index is 11.2. The number of carbonyl (C=O) groups is 1. The van der Waals surface area contributed by atoms with Crippen LogP contribution in [-0.4, -0.2) is 41.4 Å². The number of nitrogens with zero attached hydrogens (tertiary/aromatic N) is 1. The highest BCUT2D eigenvalue weighted by Crippen LogP contribution is 2.44. The van der Waals surface area contributed by atoms with Crippen molar-refractivity contribution in [2.75, 3.05) is 19.7 Å². The van der Waals surface area contributed by atoms with E-state index in [2.05, 4.69) is 0 Å². The summed E-state index contributed by atoms with van der Waals surface area (Å²) >= 11 is 0. The average Bonchev–Trinajstić information content (AvgIpc) is 2.70. The number of rotatable bonds is 3. The van der Waals surface area contributed by atoms with Gasteiger partial charge >= 0.3 is 6.09 Å². The maximum Gasteiger partial charge on any atom is 0.410 e. The molecule has 68 valence electrons. The Hall–Kier alpha value is -0.770.